The minimum atomic E-state index is -4.62. The van der Waals surface area contributed by atoms with E-state index in [0.717, 1.165) is 51.4 Å². The first-order valence-electron chi connectivity index (χ1n) is 21.1. The zero-order chi connectivity index (χ0) is 38.6. The van der Waals surface area contributed by atoms with Gasteiger partial charge in [-0.15, -0.1) is 0 Å². The fourth-order valence-corrected chi connectivity index (χ4v) is 6.37. The normalized spacial score (nSPS) is 13.9. The Hall–Kier alpha value is -1.51. The zero-order valence-electron chi connectivity index (χ0n) is 34.3. The number of likely N-dealkylation sites (N-methyl/N-ethyl adjacent to an activating group) is 1. The van der Waals surface area contributed by atoms with E-state index in [1.807, 2.05) is 21.1 Å². The molecule has 0 N–H and O–H groups in total. The van der Waals surface area contributed by atoms with Crippen molar-refractivity contribution in [1.82, 2.24) is 0 Å². The number of hydrogen-bond donors (Lipinski definition) is 0. The van der Waals surface area contributed by atoms with E-state index in [1.165, 1.54) is 89.9 Å². The molecular weight excluding hydrogens is 677 g/mol. The summed E-state index contributed by atoms with van der Waals surface area (Å²) in [4.78, 5) is 37.4. The van der Waals surface area contributed by atoms with Crippen molar-refractivity contribution in [2.45, 2.75) is 187 Å². The molecule has 0 aliphatic rings. The summed E-state index contributed by atoms with van der Waals surface area (Å²) in [5, 5.41) is 0. The summed E-state index contributed by atoms with van der Waals surface area (Å²) >= 11 is 0. The molecule has 0 saturated carbocycles. The zero-order valence-corrected chi connectivity index (χ0v) is 35.2. The lowest BCUT2D eigenvalue weighted by Gasteiger charge is -2.28. The van der Waals surface area contributed by atoms with Crippen molar-refractivity contribution in [3.8, 4) is 0 Å². The Bertz CT molecular complexity index is 949. The number of rotatable bonds is 38. The highest BCUT2D eigenvalue weighted by molar-refractivity contribution is 7.45. The highest BCUT2D eigenvalue weighted by Crippen LogP contribution is 2.38. The fraction of sp³-hybridized carbons (Fsp3) is 0.857. The van der Waals surface area contributed by atoms with E-state index >= 15 is 0 Å². The molecule has 10 heteroatoms. The molecule has 0 aliphatic carbocycles. The van der Waals surface area contributed by atoms with Gasteiger partial charge in [0.2, 0.25) is 0 Å². The lowest BCUT2D eigenvalue weighted by Crippen LogP contribution is -2.37. The summed E-state index contributed by atoms with van der Waals surface area (Å²) in [6.45, 7) is 4.19. The number of carbonyl (C=O) groups excluding carboxylic acids is 2. The van der Waals surface area contributed by atoms with Crippen LogP contribution in [0.5, 0.6) is 0 Å². The second-order valence-electron chi connectivity index (χ2n) is 15.4. The molecule has 0 heterocycles. The number of nitrogens with zero attached hydrogens (tertiary/aromatic N) is 1. The number of unbranched alkanes of at least 4 members (excludes halogenated alkanes) is 21. The maximum Gasteiger partial charge on any atom is 0.306 e. The highest BCUT2D eigenvalue weighted by atomic mass is 31.2. The Morgan fingerprint density at radius 3 is 1.50 bits per heavy atom. The quantitative estimate of drug-likeness (QED) is 0.0201. The predicted molar refractivity (Wildman–Crippen MR) is 213 cm³/mol. The second kappa shape index (κ2) is 35.2. The molecule has 0 spiro atoms. The van der Waals surface area contributed by atoms with Crippen LogP contribution in [0.25, 0.3) is 0 Å². The molecule has 0 amide bonds. The van der Waals surface area contributed by atoms with Crippen molar-refractivity contribution >= 4 is 19.8 Å². The Kier molecular flexibility index (Phi) is 34.2. The Balaban J connectivity index is 4.40. The van der Waals surface area contributed by atoms with E-state index in [9.17, 15) is 19.0 Å². The van der Waals surface area contributed by atoms with Crippen LogP contribution in [-0.2, 0) is 32.7 Å². The third-order valence-electron chi connectivity index (χ3n) is 9.00. The lowest BCUT2D eigenvalue weighted by atomic mass is 10.0. The molecule has 9 nitrogen and oxygen atoms in total. The van der Waals surface area contributed by atoms with Crippen molar-refractivity contribution in [3.05, 3.63) is 24.3 Å². The average molecular weight is 758 g/mol. The van der Waals surface area contributed by atoms with E-state index in [0.29, 0.717) is 23.9 Å². The number of carbonyl (C=O) groups is 2. The minimum absolute atomic E-state index is 0.0317. The first-order chi connectivity index (χ1) is 25.0. The van der Waals surface area contributed by atoms with E-state index in [1.54, 1.807) is 0 Å². The number of esters is 2. The Morgan fingerprint density at radius 2 is 1.02 bits per heavy atom. The van der Waals surface area contributed by atoms with Crippen LogP contribution in [0.15, 0.2) is 24.3 Å². The van der Waals surface area contributed by atoms with Gasteiger partial charge in [0.1, 0.15) is 19.8 Å². The van der Waals surface area contributed by atoms with Crippen LogP contribution in [0, 0.1) is 0 Å². The molecule has 0 aliphatic heterocycles. The number of quaternary nitrogens is 1. The van der Waals surface area contributed by atoms with E-state index in [-0.39, 0.29) is 26.1 Å². The molecule has 306 valence electrons. The largest absolute Gasteiger partial charge is 0.756 e. The number of phosphoric ester groups is 1. The summed E-state index contributed by atoms with van der Waals surface area (Å²) in [6.07, 6.45) is 36.2. The van der Waals surface area contributed by atoms with Gasteiger partial charge in [0.15, 0.2) is 6.10 Å². The van der Waals surface area contributed by atoms with Crippen LogP contribution < -0.4 is 4.89 Å². The molecule has 0 bridgehead atoms. The van der Waals surface area contributed by atoms with Gasteiger partial charge in [-0.2, -0.15) is 0 Å². The molecule has 0 aromatic rings. The molecule has 2 atom stereocenters. The summed E-state index contributed by atoms with van der Waals surface area (Å²) in [5.41, 5.74) is 0. The number of hydrogen-bond acceptors (Lipinski definition) is 8. The van der Waals surface area contributed by atoms with Crippen molar-refractivity contribution in [3.63, 3.8) is 0 Å². The smallest absolute Gasteiger partial charge is 0.306 e. The van der Waals surface area contributed by atoms with Gasteiger partial charge in [0.25, 0.3) is 7.82 Å². The molecule has 0 fully saturated rings. The second-order valence-corrected chi connectivity index (χ2v) is 16.8. The first kappa shape index (κ1) is 50.5. The summed E-state index contributed by atoms with van der Waals surface area (Å²) < 4.78 is 33.8. The van der Waals surface area contributed by atoms with Crippen molar-refractivity contribution in [1.29, 1.82) is 0 Å². The summed E-state index contributed by atoms with van der Waals surface area (Å²) in [7, 11) is 1.16. The van der Waals surface area contributed by atoms with Crippen LogP contribution in [0.1, 0.15) is 181 Å². The third-order valence-corrected chi connectivity index (χ3v) is 9.97. The first-order valence-corrected chi connectivity index (χ1v) is 22.5. The number of ether oxygens (including phenoxy) is 2. The van der Waals surface area contributed by atoms with Gasteiger partial charge in [-0.25, -0.2) is 0 Å². The van der Waals surface area contributed by atoms with Gasteiger partial charge in [-0.3, -0.25) is 14.2 Å². The molecule has 1 unspecified atom stereocenters. The van der Waals surface area contributed by atoms with Gasteiger partial charge >= 0.3 is 11.9 Å². The minimum Gasteiger partial charge on any atom is -0.756 e. The standard InChI is InChI=1S/C42H80NO8P/c1-6-8-10-12-14-16-18-20-21-23-24-26-28-30-32-34-41(44)48-38-40(39-50-52(46,47)49-37-36-43(3,4)5)51-42(45)35-33-31-29-27-25-22-19-17-15-13-11-9-7-2/h16,18,20-21,40H,6-15,17,19,22-39H2,1-5H3/b18-16+,21-20+/t40-/m1/s1. The molecule has 0 aromatic heterocycles. The molecule has 0 saturated heterocycles. The molecule has 0 aromatic carbocycles. The highest BCUT2D eigenvalue weighted by Gasteiger charge is 2.21. The van der Waals surface area contributed by atoms with Crippen molar-refractivity contribution < 1.29 is 42.1 Å². The van der Waals surface area contributed by atoms with Crippen LogP contribution in [0.2, 0.25) is 0 Å². The predicted octanol–water partition coefficient (Wildman–Crippen LogP) is 10.9. The summed E-state index contributed by atoms with van der Waals surface area (Å²) in [6, 6.07) is 0. The number of allylic oxidation sites excluding steroid dienone is 4. The maximum atomic E-state index is 12.6. The van der Waals surface area contributed by atoms with Crippen LogP contribution in [0.3, 0.4) is 0 Å². The summed E-state index contributed by atoms with van der Waals surface area (Å²) in [5.74, 6) is -0.848. The van der Waals surface area contributed by atoms with E-state index in [2.05, 4.69) is 38.2 Å². The lowest BCUT2D eigenvalue weighted by molar-refractivity contribution is -0.870. The molecular formula is C42H80NO8P. The van der Waals surface area contributed by atoms with Gasteiger partial charge in [-0.05, 0) is 38.5 Å². The van der Waals surface area contributed by atoms with E-state index in [4.69, 9.17) is 18.5 Å². The molecule has 0 rings (SSSR count). The van der Waals surface area contributed by atoms with Gasteiger partial charge < -0.3 is 27.9 Å². The monoisotopic (exact) mass is 758 g/mol. The van der Waals surface area contributed by atoms with Crippen molar-refractivity contribution in [2.75, 3.05) is 47.5 Å². The van der Waals surface area contributed by atoms with Crippen LogP contribution in [-0.4, -0.2) is 70.0 Å². The Labute approximate surface area is 319 Å². The average Bonchev–Trinajstić information content (AvgIpc) is 3.09. The third kappa shape index (κ3) is 38.2. The SMILES string of the molecule is CCCCCC/C=C/C=C/CCCCCCCC(=O)OC[C@H](COP(=O)([O-])OCC[N+](C)(C)C)OC(=O)CCCCCCCCCCCCCCC. The molecule has 52 heavy (non-hydrogen) atoms. The van der Waals surface area contributed by atoms with Gasteiger partial charge in [0.05, 0.1) is 27.7 Å². The van der Waals surface area contributed by atoms with Crippen molar-refractivity contribution in [2.24, 2.45) is 0 Å². The Morgan fingerprint density at radius 1 is 0.596 bits per heavy atom. The van der Waals surface area contributed by atoms with Crippen LogP contribution >= 0.6 is 7.82 Å². The molecule has 0 radical (unpaired) electrons. The van der Waals surface area contributed by atoms with Gasteiger partial charge in [-0.1, -0.05) is 154 Å². The van der Waals surface area contributed by atoms with Gasteiger partial charge in [0, 0.05) is 12.8 Å². The maximum absolute atomic E-state index is 12.6. The van der Waals surface area contributed by atoms with Crippen LogP contribution in [0.4, 0.5) is 0 Å². The fourth-order valence-electron chi connectivity index (χ4n) is 5.64. The number of phosphoric acid groups is 1. The topological polar surface area (TPSA) is 111 Å². The van der Waals surface area contributed by atoms with E-state index < -0.39 is 32.5 Å².